The highest BCUT2D eigenvalue weighted by molar-refractivity contribution is 6.31. The molecule has 3 aromatic rings. The van der Waals surface area contributed by atoms with E-state index in [0.717, 1.165) is 11.3 Å². The summed E-state index contributed by atoms with van der Waals surface area (Å²) in [5.74, 6) is 0.576. The van der Waals surface area contributed by atoms with Crippen molar-refractivity contribution in [2.24, 2.45) is 13.0 Å². The Labute approximate surface area is 148 Å². The van der Waals surface area contributed by atoms with Gasteiger partial charge in [0, 0.05) is 30.8 Å². The highest BCUT2D eigenvalue weighted by Crippen LogP contribution is 2.29. The molecule has 0 saturated carbocycles. The molecule has 1 aromatic carbocycles. The van der Waals surface area contributed by atoms with Gasteiger partial charge in [0.25, 0.3) is 0 Å². The van der Waals surface area contributed by atoms with Crippen molar-refractivity contribution in [2.45, 2.75) is 6.92 Å². The molecule has 1 saturated heterocycles. The number of halogens is 1. The molecule has 8 nitrogen and oxygen atoms in total. The Kier molecular flexibility index (Phi) is 3.76. The second kappa shape index (κ2) is 5.96. The van der Waals surface area contributed by atoms with Crippen LogP contribution in [0.1, 0.15) is 5.56 Å². The largest absolute Gasteiger partial charge is 0.353 e. The average Bonchev–Trinajstić information content (AvgIpc) is 2.93. The predicted molar refractivity (Wildman–Crippen MR) is 94.6 cm³/mol. The van der Waals surface area contributed by atoms with Gasteiger partial charge >= 0.3 is 0 Å². The molecule has 1 N–H and O–H groups in total. The van der Waals surface area contributed by atoms with E-state index >= 15 is 0 Å². The Balaban J connectivity index is 1.46. The van der Waals surface area contributed by atoms with E-state index in [9.17, 15) is 4.79 Å². The zero-order valence-electron chi connectivity index (χ0n) is 13.8. The van der Waals surface area contributed by atoms with Gasteiger partial charge in [-0.15, -0.1) is 5.10 Å². The van der Waals surface area contributed by atoms with E-state index in [4.69, 9.17) is 11.6 Å². The zero-order chi connectivity index (χ0) is 17.6. The van der Waals surface area contributed by atoms with Crippen LogP contribution in [0.3, 0.4) is 0 Å². The normalized spacial score (nSPS) is 14.6. The Morgan fingerprint density at radius 1 is 1.32 bits per heavy atom. The van der Waals surface area contributed by atoms with Crippen LogP contribution in [-0.2, 0) is 11.8 Å². The van der Waals surface area contributed by atoms with Crippen molar-refractivity contribution in [3.8, 4) is 0 Å². The summed E-state index contributed by atoms with van der Waals surface area (Å²) in [5.41, 5.74) is 2.93. The molecule has 9 heteroatoms. The first-order valence-electron chi connectivity index (χ1n) is 7.86. The second-order valence-electron chi connectivity index (χ2n) is 6.09. The molecule has 0 unspecified atom stereocenters. The molecule has 3 heterocycles. The third-order valence-corrected chi connectivity index (χ3v) is 4.86. The number of benzene rings is 1. The molecule has 4 rings (SSSR count). The van der Waals surface area contributed by atoms with E-state index in [1.54, 1.807) is 17.8 Å². The summed E-state index contributed by atoms with van der Waals surface area (Å²) in [6.45, 7) is 3.04. The molecule has 0 aliphatic carbocycles. The van der Waals surface area contributed by atoms with Crippen LogP contribution < -0.4 is 10.2 Å². The number of fused-ring (bicyclic) bond motifs is 1. The number of amides is 1. The lowest BCUT2D eigenvalue weighted by atomic mass is 9.98. The molecule has 2 aromatic heterocycles. The van der Waals surface area contributed by atoms with Crippen LogP contribution in [-0.4, -0.2) is 44.0 Å². The third kappa shape index (κ3) is 2.68. The van der Waals surface area contributed by atoms with Gasteiger partial charge in [-0.25, -0.2) is 14.6 Å². The number of aromatic nitrogens is 5. The highest BCUT2D eigenvalue weighted by atomic mass is 35.5. The summed E-state index contributed by atoms with van der Waals surface area (Å²) in [4.78, 5) is 22.9. The number of nitrogens with zero attached hydrogens (tertiary/aromatic N) is 6. The molecule has 0 spiro atoms. The number of carbonyl (C=O) groups excluding carboxylic acids is 1. The SMILES string of the molecule is Cc1c(Cl)cccc1NC(=O)C1CN(c2ncnc3c2nnn3C)C1. The maximum atomic E-state index is 12.5. The first-order valence-corrected chi connectivity index (χ1v) is 8.23. The number of carbonyl (C=O) groups is 1. The van der Waals surface area contributed by atoms with E-state index in [-0.39, 0.29) is 11.8 Å². The minimum atomic E-state index is -0.111. The van der Waals surface area contributed by atoms with E-state index < -0.39 is 0 Å². The zero-order valence-corrected chi connectivity index (χ0v) is 14.5. The van der Waals surface area contributed by atoms with Gasteiger partial charge in [-0.05, 0) is 24.6 Å². The molecule has 0 bridgehead atoms. The fraction of sp³-hybridized carbons (Fsp3) is 0.312. The van der Waals surface area contributed by atoms with Gasteiger partial charge in [0.1, 0.15) is 6.33 Å². The van der Waals surface area contributed by atoms with Crippen LogP contribution in [0.15, 0.2) is 24.5 Å². The van der Waals surface area contributed by atoms with Crippen molar-refractivity contribution in [3.63, 3.8) is 0 Å². The first-order chi connectivity index (χ1) is 12.0. The van der Waals surface area contributed by atoms with Gasteiger partial charge in [-0.3, -0.25) is 4.79 Å². The number of aryl methyl sites for hydroxylation is 1. The van der Waals surface area contributed by atoms with Crippen molar-refractivity contribution >= 4 is 40.2 Å². The standard InChI is InChI=1S/C16H16ClN7O/c1-9-11(17)4-3-5-12(9)20-16(25)10-6-24(7-10)15-13-14(18-8-19-15)23(2)22-21-13/h3-5,8,10H,6-7H2,1-2H3,(H,20,25). The maximum absolute atomic E-state index is 12.5. The summed E-state index contributed by atoms with van der Waals surface area (Å²) in [5, 5.41) is 11.7. The van der Waals surface area contributed by atoms with Crippen molar-refractivity contribution in [2.75, 3.05) is 23.3 Å². The molecular weight excluding hydrogens is 342 g/mol. The third-order valence-electron chi connectivity index (χ3n) is 4.45. The average molecular weight is 358 g/mol. The first kappa shape index (κ1) is 15.8. The molecule has 0 atom stereocenters. The Morgan fingerprint density at radius 2 is 2.12 bits per heavy atom. The van der Waals surface area contributed by atoms with E-state index in [1.807, 2.05) is 24.0 Å². The molecule has 128 valence electrons. The van der Waals surface area contributed by atoms with Crippen molar-refractivity contribution in [1.29, 1.82) is 0 Å². The summed E-state index contributed by atoms with van der Waals surface area (Å²) in [6, 6.07) is 5.48. The van der Waals surface area contributed by atoms with Gasteiger partial charge in [-0.1, -0.05) is 22.9 Å². The van der Waals surface area contributed by atoms with Crippen LogP contribution in [0.4, 0.5) is 11.5 Å². The maximum Gasteiger partial charge on any atom is 0.231 e. The molecule has 1 aliphatic rings. The summed E-state index contributed by atoms with van der Waals surface area (Å²) < 4.78 is 1.60. The molecule has 1 fully saturated rings. The fourth-order valence-corrected chi connectivity index (χ4v) is 3.04. The van der Waals surface area contributed by atoms with Crippen LogP contribution in [0.25, 0.3) is 11.2 Å². The molecule has 1 amide bonds. The van der Waals surface area contributed by atoms with Crippen molar-refractivity contribution in [1.82, 2.24) is 25.0 Å². The monoisotopic (exact) mass is 357 g/mol. The lowest BCUT2D eigenvalue weighted by Crippen LogP contribution is -2.52. The topological polar surface area (TPSA) is 88.8 Å². The number of hydrogen-bond acceptors (Lipinski definition) is 6. The van der Waals surface area contributed by atoms with Crippen LogP contribution in [0.2, 0.25) is 5.02 Å². The molecule has 1 aliphatic heterocycles. The van der Waals surface area contributed by atoms with Gasteiger partial charge in [-0.2, -0.15) is 0 Å². The Morgan fingerprint density at radius 3 is 2.92 bits per heavy atom. The number of hydrogen-bond donors (Lipinski definition) is 1. The lowest BCUT2D eigenvalue weighted by molar-refractivity contribution is -0.120. The molecule has 0 radical (unpaired) electrons. The smallest absolute Gasteiger partial charge is 0.231 e. The minimum absolute atomic E-state index is 0.0222. The van der Waals surface area contributed by atoms with E-state index in [1.165, 1.54) is 6.33 Å². The highest BCUT2D eigenvalue weighted by Gasteiger charge is 2.35. The second-order valence-corrected chi connectivity index (χ2v) is 6.49. The quantitative estimate of drug-likeness (QED) is 0.768. The molecule has 25 heavy (non-hydrogen) atoms. The number of rotatable bonds is 3. The van der Waals surface area contributed by atoms with Crippen LogP contribution in [0, 0.1) is 12.8 Å². The minimum Gasteiger partial charge on any atom is -0.353 e. The summed E-state index contributed by atoms with van der Waals surface area (Å²) >= 11 is 6.10. The van der Waals surface area contributed by atoms with Gasteiger partial charge in [0.15, 0.2) is 17.0 Å². The Bertz CT molecular complexity index is 964. The predicted octanol–water partition coefficient (Wildman–Crippen LogP) is 1.80. The fourth-order valence-electron chi connectivity index (χ4n) is 2.87. The van der Waals surface area contributed by atoms with Crippen molar-refractivity contribution in [3.05, 3.63) is 35.1 Å². The van der Waals surface area contributed by atoms with Gasteiger partial charge in [0.05, 0.1) is 5.92 Å². The van der Waals surface area contributed by atoms with Gasteiger partial charge < -0.3 is 10.2 Å². The van der Waals surface area contributed by atoms with Crippen molar-refractivity contribution < 1.29 is 4.79 Å². The summed E-state index contributed by atoms with van der Waals surface area (Å²) in [6.07, 6.45) is 1.49. The van der Waals surface area contributed by atoms with Crippen LogP contribution >= 0.6 is 11.6 Å². The summed E-state index contributed by atoms with van der Waals surface area (Å²) in [7, 11) is 1.78. The Hall–Kier alpha value is -2.74. The van der Waals surface area contributed by atoms with Crippen LogP contribution in [0.5, 0.6) is 0 Å². The van der Waals surface area contributed by atoms with Gasteiger partial charge in [0.2, 0.25) is 5.91 Å². The lowest BCUT2D eigenvalue weighted by Gasteiger charge is -2.38. The van der Waals surface area contributed by atoms with E-state index in [2.05, 4.69) is 25.6 Å². The molecular formula is C16H16ClN7O. The number of anilines is 2. The number of nitrogens with one attached hydrogen (secondary N) is 1. The van der Waals surface area contributed by atoms with E-state index in [0.29, 0.717) is 35.1 Å².